The Hall–Kier alpha value is -1.68. The summed E-state index contributed by atoms with van der Waals surface area (Å²) >= 11 is 0. The molecule has 100 valence electrons. The molecule has 0 heterocycles. The van der Waals surface area contributed by atoms with Gasteiger partial charge in [-0.25, -0.2) is 0 Å². The van der Waals surface area contributed by atoms with Gasteiger partial charge in [-0.3, -0.25) is 0 Å². The molecule has 0 saturated heterocycles. The number of allylic oxidation sites excluding steroid dienone is 1. The fraction of sp³-hybridized carbons (Fsp3) is 0.429. The Morgan fingerprint density at radius 2 is 1.78 bits per heavy atom. The Morgan fingerprint density at radius 3 is 2.22 bits per heavy atom. The summed E-state index contributed by atoms with van der Waals surface area (Å²) in [6.07, 6.45) is 2.12. The van der Waals surface area contributed by atoms with E-state index in [0.717, 1.165) is 12.1 Å². The Kier molecular flexibility index (Phi) is 5.52. The molecule has 4 heteroatoms. The molecule has 0 aliphatic heterocycles. The van der Waals surface area contributed by atoms with Gasteiger partial charge in [0.05, 0.1) is 14.2 Å². The monoisotopic (exact) mass is 251 g/mol. The molecule has 0 atom stereocenters. The number of aromatic hydroxyl groups is 1. The number of phenolic OH excluding ortho intramolecular Hbond substituents is 1. The highest BCUT2D eigenvalue weighted by Crippen LogP contribution is 2.36. The van der Waals surface area contributed by atoms with Gasteiger partial charge in [-0.05, 0) is 31.5 Å². The minimum atomic E-state index is 0.0352. The molecular weight excluding hydrogens is 230 g/mol. The highest BCUT2D eigenvalue weighted by molar-refractivity contribution is 5.52. The molecule has 0 unspecified atom stereocenters. The standard InChI is InChI=1S/C14H21NO3/c1-10(2)5-6-15-9-11-7-12(17-3)14(16)13(8-11)18-4/h5,7-8,15-16H,6,9H2,1-4H3. The summed E-state index contributed by atoms with van der Waals surface area (Å²) in [5.41, 5.74) is 2.28. The minimum Gasteiger partial charge on any atom is -0.502 e. The predicted octanol–water partition coefficient (Wildman–Crippen LogP) is 2.47. The summed E-state index contributed by atoms with van der Waals surface area (Å²) in [5, 5.41) is 13.1. The van der Waals surface area contributed by atoms with E-state index in [2.05, 4.69) is 25.2 Å². The van der Waals surface area contributed by atoms with Crippen LogP contribution < -0.4 is 14.8 Å². The van der Waals surface area contributed by atoms with Crippen molar-refractivity contribution >= 4 is 0 Å². The lowest BCUT2D eigenvalue weighted by Crippen LogP contribution is -2.13. The van der Waals surface area contributed by atoms with E-state index >= 15 is 0 Å². The first-order valence-electron chi connectivity index (χ1n) is 5.86. The maximum absolute atomic E-state index is 9.78. The summed E-state index contributed by atoms with van der Waals surface area (Å²) in [5.74, 6) is 0.884. The molecule has 1 aromatic carbocycles. The van der Waals surface area contributed by atoms with Crippen molar-refractivity contribution in [3.05, 3.63) is 29.3 Å². The lowest BCUT2D eigenvalue weighted by Gasteiger charge is -2.11. The number of phenols is 1. The van der Waals surface area contributed by atoms with Crippen LogP contribution in [0.4, 0.5) is 0 Å². The van der Waals surface area contributed by atoms with Gasteiger partial charge in [0.1, 0.15) is 0 Å². The largest absolute Gasteiger partial charge is 0.502 e. The van der Waals surface area contributed by atoms with Crippen LogP contribution in [0.25, 0.3) is 0 Å². The third-order valence-electron chi connectivity index (χ3n) is 2.52. The van der Waals surface area contributed by atoms with Crippen molar-refractivity contribution in [2.24, 2.45) is 0 Å². The SMILES string of the molecule is COc1cc(CNCC=C(C)C)cc(OC)c1O. The van der Waals surface area contributed by atoms with Crippen LogP contribution in [0.5, 0.6) is 17.2 Å². The fourth-order valence-electron chi connectivity index (χ4n) is 1.54. The number of hydrogen-bond donors (Lipinski definition) is 2. The van der Waals surface area contributed by atoms with Crippen molar-refractivity contribution < 1.29 is 14.6 Å². The molecule has 0 aliphatic carbocycles. The molecular formula is C14H21NO3. The van der Waals surface area contributed by atoms with Gasteiger partial charge in [0, 0.05) is 13.1 Å². The van der Waals surface area contributed by atoms with Crippen molar-refractivity contribution in [2.75, 3.05) is 20.8 Å². The molecule has 0 aliphatic rings. The van der Waals surface area contributed by atoms with E-state index in [-0.39, 0.29) is 5.75 Å². The minimum absolute atomic E-state index is 0.0352. The quantitative estimate of drug-likeness (QED) is 0.602. The van der Waals surface area contributed by atoms with Gasteiger partial charge in [-0.1, -0.05) is 11.6 Å². The normalized spacial score (nSPS) is 10.0. The fourth-order valence-corrected chi connectivity index (χ4v) is 1.54. The zero-order valence-electron chi connectivity index (χ0n) is 11.4. The molecule has 0 saturated carbocycles. The van der Waals surface area contributed by atoms with Crippen molar-refractivity contribution in [3.8, 4) is 17.2 Å². The molecule has 18 heavy (non-hydrogen) atoms. The van der Waals surface area contributed by atoms with Crippen LogP contribution in [0.2, 0.25) is 0 Å². The van der Waals surface area contributed by atoms with Crippen LogP contribution in [0.1, 0.15) is 19.4 Å². The predicted molar refractivity (Wildman–Crippen MR) is 72.3 cm³/mol. The van der Waals surface area contributed by atoms with Gasteiger partial charge in [-0.2, -0.15) is 0 Å². The van der Waals surface area contributed by atoms with E-state index in [4.69, 9.17) is 9.47 Å². The first kappa shape index (κ1) is 14.4. The van der Waals surface area contributed by atoms with Gasteiger partial charge in [0.2, 0.25) is 5.75 Å². The number of ether oxygens (including phenoxy) is 2. The zero-order chi connectivity index (χ0) is 13.5. The second-order valence-electron chi connectivity index (χ2n) is 4.26. The highest BCUT2D eigenvalue weighted by Gasteiger charge is 2.10. The molecule has 0 spiro atoms. The molecule has 0 bridgehead atoms. The number of methoxy groups -OCH3 is 2. The van der Waals surface area contributed by atoms with E-state index in [1.165, 1.54) is 19.8 Å². The van der Waals surface area contributed by atoms with Gasteiger partial charge < -0.3 is 19.9 Å². The van der Waals surface area contributed by atoms with Crippen LogP contribution in [-0.2, 0) is 6.54 Å². The highest BCUT2D eigenvalue weighted by atomic mass is 16.5. The molecule has 1 aromatic rings. The summed E-state index contributed by atoms with van der Waals surface area (Å²) in [4.78, 5) is 0. The summed E-state index contributed by atoms with van der Waals surface area (Å²) in [6, 6.07) is 3.60. The van der Waals surface area contributed by atoms with E-state index in [1.54, 1.807) is 12.1 Å². The molecule has 4 nitrogen and oxygen atoms in total. The lowest BCUT2D eigenvalue weighted by molar-refractivity contribution is 0.339. The maximum Gasteiger partial charge on any atom is 0.200 e. The molecule has 0 radical (unpaired) electrons. The Labute approximate surface area is 108 Å². The number of nitrogens with one attached hydrogen (secondary N) is 1. The first-order valence-corrected chi connectivity index (χ1v) is 5.86. The van der Waals surface area contributed by atoms with Crippen molar-refractivity contribution in [3.63, 3.8) is 0 Å². The maximum atomic E-state index is 9.78. The van der Waals surface area contributed by atoms with E-state index < -0.39 is 0 Å². The Bertz CT molecular complexity index is 398. The second kappa shape index (κ2) is 6.91. The summed E-state index contributed by atoms with van der Waals surface area (Å²) in [6.45, 7) is 5.63. The number of benzene rings is 1. The first-order chi connectivity index (χ1) is 8.58. The van der Waals surface area contributed by atoms with E-state index in [0.29, 0.717) is 18.0 Å². The van der Waals surface area contributed by atoms with Crippen molar-refractivity contribution in [1.82, 2.24) is 5.32 Å². The molecule has 2 N–H and O–H groups in total. The van der Waals surface area contributed by atoms with Crippen molar-refractivity contribution in [1.29, 1.82) is 0 Å². The third-order valence-corrected chi connectivity index (χ3v) is 2.52. The number of hydrogen-bond acceptors (Lipinski definition) is 4. The Morgan fingerprint density at radius 1 is 1.22 bits per heavy atom. The second-order valence-corrected chi connectivity index (χ2v) is 4.26. The summed E-state index contributed by atoms with van der Waals surface area (Å²) in [7, 11) is 3.05. The number of rotatable bonds is 6. The zero-order valence-corrected chi connectivity index (χ0v) is 11.4. The Balaban J connectivity index is 2.74. The molecule has 0 fully saturated rings. The van der Waals surface area contributed by atoms with Crippen LogP contribution in [0.3, 0.4) is 0 Å². The lowest BCUT2D eigenvalue weighted by atomic mass is 10.2. The van der Waals surface area contributed by atoms with Crippen LogP contribution in [-0.4, -0.2) is 25.9 Å². The van der Waals surface area contributed by atoms with E-state index in [1.807, 2.05) is 0 Å². The van der Waals surface area contributed by atoms with Crippen molar-refractivity contribution in [2.45, 2.75) is 20.4 Å². The smallest absolute Gasteiger partial charge is 0.200 e. The van der Waals surface area contributed by atoms with Crippen LogP contribution in [0.15, 0.2) is 23.8 Å². The van der Waals surface area contributed by atoms with Gasteiger partial charge in [0.25, 0.3) is 0 Å². The summed E-state index contributed by atoms with van der Waals surface area (Å²) < 4.78 is 10.2. The van der Waals surface area contributed by atoms with Crippen LogP contribution >= 0.6 is 0 Å². The average Bonchev–Trinajstić information content (AvgIpc) is 2.35. The average molecular weight is 251 g/mol. The molecule has 0 amide bonds. The van der Waals surface area contributed by atoms with E-state index in [9.17, 15) is 5.11 Å². The molecule has 1 rings (SSSR count). The molecule has 0 aromatic heterocycles. The topological polar surface area (TPSA) is 50.7 Å². The van der Waals surface area contributed by atoms with Gasteiger partial charge in [-0.15, -0.1) is 0 Å². The van der Waals surface area contributed by atoms with Gasteiger partial charge in [0.15, 0.2) is 11.5 Å². The van der Waals surface area contributed by atoms with Crippen LogP contribution in [0, 0.1) is 0 Å². The third kappa shape index (κ3) is 3.96. The van der Waals surface area contributed by atoms with Gasteiger partial charge >= 0.3 is 0 Å².